The van der Waals surface area contributed by atoms with Crippen LogP contribution in [0.2, 0.25) is 5.02 Å². The van der Waals surface area contributed by atoms with E-state index in [0.29, 0.717) is 33.5 Å². The Balaban J connectivity index is 1.85. The average molecular weight is 447 g/mol. The van der Waals surface area contributed by atoms with Crippen LogP contribution in [-0.2, 0) is 9.53 Å². The lowest BCUT2D eigenvalue weighted by Crippen LogP contribution is -2.23. The lowest BCUT2D eigenvalue weighted by molar-refractivity contribution is -0.121. The Hall–Kier alpha value is -2.97. The number of esters is 1. The number of ether oxygens (including phenoxy) is 2. The second kappa shape index (κ2) is 9.23. The highest BCUT2D eigenvalue weighted by Crippen LogP contribution is 2.38. The smallest absolute Gasteiger partial charge is 0.338 e. The Morgan fingerprint density at radius 1 is 1.30 bits per heavy atom. The molecule has 1 fully saturated rings. The monoisotopic (exact) mass is 446 g/mol. The molecule has 0 atom stereocenters. The Labute approximate surface area is 183 Å². The molecular weight excluding hydrogens is 428 g/mol. The number of aromatic hydroxyl groups is 1. The van der Waals surface area contributed by atoms with E-state index in [1.165, 1.54) is 23.8 Å². The molecule has 2 aromatic carbocycles. The number of thioether (sulfide) groups is 1. The first-order valence-electron chi connectivity index (χ1n) is 8.94. The number of phenols is 1. The van der Waals surface area contributed by atoms with Crippen molar-refractivity contribution in [2.45, 2.75) is 6.92 Å². The van der Waals surface area contributed by atoms with Crippen molar-refractivity contribution in [1.82, 2.24) is 4.90 Å². The average Bonchev–Trinajstić information content (AvgIpc) is 2.99. The maximum Gasteiger partial charge on any atom is 0.338 e. The molecular formula is C21H19ClN2O5S. The largest absolute Gasteiger partial charge is 0.503 e. The van der Waals surface area contributed by atoms with Crippen LogP contribution in [0.4, 0.5) is 5.69 Å². The first-order chi connectivity index (χ1) is 14.3. The molecule has 1 N–H and O–H groups in total. The highest BCUT2D eigenvalue weighted by atomic mass is 35.5. The third-order valence-corrected chi connectivity index (χ3v) is 5.52. The van der Waals surface area contributed by atoms with Crippen LogP contribution in [0.25, 0.3) is 6.08 Å². The topological polar surface area (TPSA) is 88.4 Å². The van der Waals surface area contributed by atoms with E-state index in [2.05, 4.69) is 4.99 Å². The van der Waals surface area contributed by atoms with Crippen LogP contribution >= 0.6 is 23.4 Å². The fourth-order valence-corrected chi connectivity index (χ4v) is 3.84. The van der Waals surface area contributed by atoms with E-state index in [4.69, 9.17) is 21.1 Å². The number of halogens is 1. The molecule has 1 amide bonds. The lowest BCUT2D eigenvalue weighted by Gasteiger charge is -2.07. The van der Waals surface area contributed by atoms with Gasteiger partial charge in [0.15, 0.2) is 16.7 Å². The number of hydrogen-bond acceptors (Lipinski definition) is 7. The van der Waals surface area contributed by atoms with Gasteiger partial charge in [-0.05, 0) is 66.7 Å². The van der Waals surface area contributed by atoms with Gasteiger partial charge in [0.2, 0.25) is 0 Å². The molecule has 1 saturated heterocycles. The van der Waals surface area contributed by atoms with Gasteiger partial charge in [-0.25, -0.2) is 9.79 Å². The summed E-state index contributed by atoms with van der Waals surface area (Å²) in [5, 5.41) is 10.5. The lowest BCUT2D eigenvalue weighted by atomic mass is 10.2. The summed E-state index contributed by atoms with van der Waals surface area (Å²) in [5.74, 6) is -0.552. The fourth-order valence-electron chi connectivity index (χ4n) is 2.63. The summed E-state index contributed by atoms with van der Waals surface area (Å²) in [5.41, 5.74) is 1.64. The van der Waals surface area contributed by atoms with Crippen LogP contribution < -0.4 is 4.74 Å². The Morgan fingerprint density at radius 3 is 2.63 bits per heavy atom. The van der Waals surface area contributed by atoms with Crippen LogP contribution in [0.1, 0.15) is 22.8 Å². The second-order valence-corrected chi connectivity index (χ2v) is 7.61. The van der Waals surface area contributed by atoms with E-state index in [9.17, 15) is 14.7 Å². The third kappa shape index (κ3) is 4.60. The van der Waals surface area contributed by atoms with Crippen LogP contribution in [0.5, 0.6) is 11.5 Å². The number of amides is 1. The molecule has 9 heteroatoms. The molecule has 2 aromatic rings. The zero-order valence-corrected chi connectivity index (χ0v) is 18.1. The summed E-state index contributed by atoms with van der Waals surface area (Å²) >= 11 is 7.23. The Bertz CT molecular complexity index is 1050. The molecule has 0 aliphatic carbocycles. The van der Waals surface area contributed by atoms with Crippen molar-refractivity contribution in [1.29, 1.82) is 0 Å². The number of nitrogens with zero attached hydrogens (tertiary/aromatic N) is 2. The van der Waals surface area contributed by atoms with Crippen molar-refractivity contribution >= 4 is 52.2 Å². The van der Waals surface area contributed by atoms with E-state index in [-0.39, 0.29) is 22.4 Å². The first kappa shape index (κ1) is 21.7. The Morgan fingerprint density at radius 2 is 2.00 bits per heavy atom. The molecule has 0 saturated carbocycles. The number of benzene rings is 2. The summed E-state index contributed by atoms with van der Waals surface area (Å²) in [6, 6.07) is 9.75. The van der Waals surface area contributed by atoms with Gasteiger partial charge in [0.25, 0.3) is 5.91 Å². The number of carbonyl (C=O) groups is 2. The van der Waals surface area contributed by atoms with Gasteiger partial charge >= 0.3 is 5.97 Å². The molecule has 0 spiro atoms. The van der Waals surface area contributed by atoms with Crippen molar-refractivity contribution in [3.05, 3.63) is 57.5 Å². The zero-order chi connectivity index (χ0) is 21.8. The van der Waals surface area contributed by atoms with E-state index >= 15 is 0 Å². The van der Waals surface area contributed by atoms with Crippen LogP contribution in [0.3, 0.4) is 0 Å². The van der Waals surface area contributed by atoms with Crippen LogP contribution in [0, 0.1) is 0 Å². The molecule has 30 heavy (non-hydrogen) atoms. The van der Waals surface area contributed by atoms with Gasteiger partial charge in [-0.2, -0.15) is 0 Å². The summed E-state index contributed by atoms with van der Waals surface area (Å²) in [4.78, 5) is 30.7. The predicted octanol–water partition coefficient (Wildman–Crippen LogP) is 4.46. The first-order valence-corrected chi connectivity index (χ1v) is 10.1. The van der Waals surface area contributed by atoms with Gasteiger partial charge < -0.3 is 14.6 Å². The maximum atomic E-state index is 12.6. The van der Waals surface area contributed by atoms with Crippen LogP contribution in [0.15, 0.2) is 46.3 Å². The standard InChI is InChI=1S/C21H19ClN2O5S/c1-4-29-20(27)13-5-7-14(8-6-13)23-21-24(2)19(26)17(30-21)11-12-9-15(22)18(25)16(10-12)28-3/h5-11,25H,4H2,1-3H3. The van der Waals surface area contributed by atoms with E-state index in [1.807, 2.05) is 0 Å². The SMILES string of the molecule is CCOC(=O)c1ccc(N=C2SC(=Cc3cc(Cl)c(O)c(OC)c3)C(=O)N2C)cc1. The highest BCUT2D eigenvalue weighted by Gasteiger charge is 2.30. The summed E-state index contributed by atoms with van der Waals surface area (Å²) in [7, 11) is 3.05. The number of carbonyl (C=O) groups excluding carboxylic acids is 2. The van der Waals surface area contributed by atoms with Gasteiger partial charge in [0.05, 0.1) is 34.9 Å². The number of rotatable bonds is 5. The van der Waals surface area contributed by atoms with Crippen molar-refractivity contribution in [3.63, 3.8) is 0 Å². The van der Waals surface area contributed by atoms with Crippen molar-refractivity contribution < 1.29 is 24.2 Å². The molecule has 156 valence electrons. The number of hydrogen-bond donors (Lipinski definition) is 1. The number of likely N-dealkylation sites (N-methyl/N-ethyl adjacent to an activating group) is 1. The molecule has 7 nitrogen and oxygen atoms in total. The van der Waals surface area contributed by atoms with Gasteiger partial charge in [0.1, 0.15) is 0 Å². The number of aliphatic imine (C=N–C) groups is 1. The van der Waals surface area contributed by atoms with Gasteiger partial charge in [-0.1, -0.05) is 11.6 Å². The van der Waals surface area contributed by atoms with Crippen molar-refractivity contribution in [2.24, 2.45) is 4.99 Å². The number of methoxy groups -OCH3 is 1. The molecule has 1 aliphatic rings. The summed E-state index contributed by atoms with van der Waals surface area (Å²) < 4.78 is 10.1. The van der Waals surface area contributed by atoms with Crippen molar-refractivity contribution in [2.75, 3.05) is 20.8 Å². The molecule has 1 aliphatic heterocycles. The third-order valence-electron chi connectivity index (χ3n) is 4.18. The molecule has 0 bridgehead atoms. The minimum absolute atomic E-state index is 0.126. The van der Waals surface area contributed by atoms with E-state index in [0.717, 1.165) is 0 Å². The normalized spacial score (nSPS) is 16.4. The minimum Gasteiger partial charge on any atom is -0.503 e. The molecule has 0 unspecified atom stereocenters. The molecule has 0 radical (unpaired) electrons. The second-order valence-electron chi connectivity index (χ2n) is 6.19. The van der Waals surface area contributed by atoms with Gasteiger partial charge in [-0.3, -0.25) is 9.69 Å². The van der Waals surface area contributed by atoms with Crippen LogP contribution in [-0.4, -0.2) is 47.8 Å². The van der Waals surface area contributed by atoms with Gasteiger partial charge in [-0.15, -0.1) is 0 Å². The maximum absolute atomic E-state index is 12.6. The minimum atomic E-state index is -0.396. The highest BCUT2D eigenvalue weighted by molar-refractivity contribution is 8.18. The zero-order valence-electron chi connectivity index (χ0n) is 16.5. The Kier molecular flexibility index (Phi) is 6.69. The van der Waals surface area contributed by atoms with Crippen molar-refractivity contribution in [3.8, 4) is 11.5 Å². The number of phenolic OH excluding ortho intramolecular Hbond substituents is 1. The van der Waals surface area contributed by atoms with E-state index < -0.39 is 5.97 Å². The fraction of sp³-hybridized carbons (Fsp3) is 0.190. The molecule has 3 rings (SSSR count). The predicted molar refractivity (Wildman–Crippen MR) is 118 cm³/mol. The quantitative estimate of drug-likeness (QED) is 0.538. The molecule has 0 aromatic heterocycles. The summed E-state index contributed by atoms with van der Waals surface area (Å²) in [6.07, 6.45) is 1.66. The molecule has 1 heterocycles. The van der Waals surface area contributed by atoms with E-state index in [1.54, 1.807) is 56.4 Å². The number of amidine groups is 1. The summed E-state index contributed by atoms with van der Waals surface area (Å²) in [6.45, 7) is 2.05. The van der Waals surface area contributed by atoms with Gasteiger partial charge in [0, 0.05) is 7.05 Å².